The zero-order valence-electron chi connectivity index (χ0n) is 11.8. The molecule has 0 spiro atoms. The molecule has 0 aromatic carbocycles. The number of carbonyl (C=O) groups is 1. The van der Waals surface area contributed by atoms with Crippen LogP contribution < -0.4 is 11.1 Å². The third-order valence-electron chi connectivity index (χ3n) is 2.68. The van der Waals surface area contributed by atoms with Crippen LogP contribution in [0.1, 0.15) is 16.1 Å². The molecule has 10 heteroatoms. The molecule has 1 amide bonds. The van der Waals surface area contributed by atoms with Gasteiger partial charge in [0.05, 0.1) is 18.7 Å². The molecule has 3 N–H and O–H groups in total. The van der Waals surface area contributed by atoms with Crippen molar-refractivity contribution in [3.8, 4) is 0 Å². The maximum atomic E-state index is 13.0. The number of furan rings is 1. The molecule has 0 unspecified atom stereocenters. The van der Waals surface area contributed by atoms with E-state index in [0.717, 1.165) is 10.4 Å². The molecule has 1 rings (SSSR count). The van der Waals surface area contributed by atoms with Gasteiger partial charge in [0.15, 0.2) is 0 Å². The molecule has 0 radical (unpaired) electrons. The SMILES string of the molecule is Cc1oc(S(=O)(=O)N(C)C)cc1C(=O)NCC(F)(F)CN. The first-order valence-electron chi connectivity index (χ1n) is 5.90. The number of alkyl halides is 2. The van der Waals surface area contributed by atoms with E-state index >= 15 is 0 Å². The second-order valence-electron chi connectivity index (χ2n) is 4.57. The Kier molecular flexibility index (Phi) is 5.07. The Morgan fingerprint density at radius 2 is 2.05 bits per heavy atom. The average Bonchev–Trinajstić information content (AvgIpc) is 2.78. The van der Waals surface area contributed by atoms with E-state index in [-0.39, 0.29) is 11.3 Å². The fraction of sp³-hybridized carbons (Fsp3) is 0.545. The number of amides is 1. The predicted octanol–water partition coefficient (Wildman–Crippen LogP) is 0.162. The summed E-state index contributed by atoms with van der Waals surface area (Å²) in [4.78, 5) is 11.8. The molecular formula is C11H17F2N3O4S. The van der Waals surface area contributed by atoms with Gasteiger partial charge in [0.25, 0.3) is 21.9 Å². The Bertz CT molecular complexity index is 625. The number of aryl methyl sites for hydroxylation is 1. The fourth-order valence-corrected chi connectivity index (χ4v) is 2.22. The molecule has 0 bridgehead atoms. The van der Waals surface area contributed by atoms with E-state index in [1.165, 1.54) is 21.0 Å². The second kappa shape index (κ2) is 6.08. The molecule has 1 aromatic rings. The van der Waals surface area contributed by atoms with Crippen LogP contribution in [-0.2, 0) is 10.0 Å². The first kappa shape index (κ1) is 17.5. The van der Waals surface area contributed by atoms with Gasteiger partial charge in [-0.15, -0.1) is 0 Å². The Morgan fingerprint density at radius 1 is 1.48 bits per heavy atom. The van der Waals surface area contributed by atoms with Crippen LogP contribution >= 0.6 is 0 Å². The molecule has 1 heterocycles. The molecule has 0 aliphatic rings. The number of nitrogens with two attached hydrogens (primary N) is 1. The van der Waals surface area contributed by atoms with E-state index in [4.69, 9.17) is 10.2 Å². The smallest absolute Gasteiger partial charge is 0.277 e. The van der Waals surface area contributed by atoms with Gasteiger partial charge in [0, 0.05) is 20.2 Å². The van der Waals surface area contributed by atoms with Crippen molar-refractivity contribution in [2.45, 2.75) is 17.9 Å². The van der Waals surface area contributed by atoms with Gasteiger partial charge in [-0.25, -0.2) is 21.5 Å². The Balaban J connectivity index is 2.96. The Hall–Kier alpha value is -1.52. The summed E-state index contributed by atoms with van der Waals surface area (Å²) in [5, 5.41) is 1.56. The van der Waals surface area contributed by atoms with Gasteiger partial charge in [-0.2, -0.15) is 0 Å². The van der Waals surface area contributed by atoms with Crippen LogP contribution in [0, 0.1) is 6.92 Å². The molecule has 21 heavy (non-hydrogen) atoms. The zero-order valence-corrected chi connectivity index (χ0v) is 12.6. The highest BCUT2D eigenvalue weighted by Crippen LogP contribution is 2.21. The minimum Gasteiger partial charge on any atom is -0.448 e. The van der Waals surface area contributed by atoms with Crippen LogP contribution in [-0.4, -0.2) is 51.7 Å². The standard InChI is InChI=1S/C11H17F2N3O4S/c1-7-8(10(17)15-6-11(12,13)5-14)4-9(20-7)21(18,19)16(2)3/h4H,5-6,14H2,1-3H3,(H,15,17). The largest absolute Gasteiger partial charge is 0.448 e. The van der Waals surface area contributed by atoms with Crippen LogP contribution in [0.25, 0.3) is 0 Å². The molecule has 0 aliphatic carbocycles. The normalized spacial score (nSPS) is 12.7. The van der Waals surface area contributed by atoms with Crippen LogP contribution in [0.4, 0.5) is 8.78 Å². The number of sulfonamides is 1. The quantitative estimate of drug-likeness (QED) is 0.775. The molecule has 120 valence electrons. The third-order valence-corrected chi connectivity index (χ3v) is 4.35. The molecule has 7 nitrogen and oxygen atoms in total. The number of nitrogens with one attached hydrogen (secondary N) is 1. The van der Waals surface area contributed by atoms with Crippen molar-refractivity contribution in [3.63, 3.8) is 0 Å². The third kappa shape index (κ3) is 3.99. The minimum absolute atomic E-state index is 0.0176. The number of hydrogen-bond acceptors (Lipinski definition) is 5. The van der Waals surface area contributed by atoms with Gasteiger partial charge >= 0.3 is 0 Å². The van der Waals surface area contributed by atoms with E-state index in [1.807, 2.05) is 5.32 Å². The molecule has 1 aromatic heterocycles. The second-order valence-corrected chi connectivity index (χ2v) is 6.65. The lowest BCUT2D eigenvalue weighted by atomic mass is 10.2. The lowest BCUT2D eigenvalue weighted by Crippen LogP contribution is -2.41. The highest BCUT2D eigenvalue weighted by atomic mass is 32.2. The lowest BCUT2D eigenvalue weighted by Gasteiger charge is -2.14. The molecule has 0 saturated carbocycles. The van der Waals surface area contributed by atoms with E-state index in [0.29, 0.717) is 0 Å². The highest BCUT2D eigenvalue weighted by Gasteiger charge is 2.29. The van der Waals surface area contributed by atoms with Gasteiger partial charge < -0.3 is 15.5 Å². The van der Waals surface area contributed by atoms with Crippen LogP contribution in [0.5, 0.6) is 0 Å². The predicted molar refractivity (Wildman–Crippen MR) is 70.7 cm³/mol. The van der Waals surface area contributed by atoms with E-state index in [1.54, 1.807) is 0 Å². The van der Waals surface area contributed by atoms with E-state index in [2.05, 4.69) is 0 Å². The highest BCUT2D eigenvalue weighted by molar-refractivity contribution is 7.88. The molecule has 0 atom stereocenters. The number of carbonyl (C=O) groups excluding carboxylic acids is 1. The van der Waals surface area contributed by atoms with Gasteiger partial charge in [0.1, 0.15) is 5.76 Å². The van der Waals surface area contributed by atoms with Gasteiger partial charge in [-0.3, -0.25) is 4.79 Å². The van der Waals surface area contributed by atoms with Crippen LogP contribution in [0.2, 0.25) is 0 Å². The van der Waals surface area contributed by atoms with Gasteiger partial charge in [0.2, 0.25) is 5.09 Å². The molecule has 0 saturated heterocycles. The summed E-state index contributed by atoms with van der Waals surface area (Å²) in [7, 11) is -1.24. The topological polar surface area (TPSA) is 106 Å². The van der Waals surface area contributed by atoms with Crippen molar-refractivity contribution in [1.29, 1.82) is 0 Å². The summed E-state index contributed by atoms with van der Waals surface area (Å²) >= 11 is 0. The van der Waals surface area contributed by atoms with Crippen LogP contribution in [0.15, 0.2) is 15.6 Å². The van der Waals surface area contributed by atoms with Crippen molar-refractivity contribution < 1.29 is 26.4 Å². The summed E-state index contributed by atoms with van der Waals surface area (Å²) in [5.74, 6) is -4.07. The zero-order chi connectivity index (χ0) is 16.4. The van der Waals surface area contributed by atoms with Crippen molar-refractivity contribution in [2.75, 3.05) is 27.2 Å². The summed E-state index contributed by atoms with van der Waals surface area (Å²) in [6.07, 6.45) is 0. The summed E-state index contributed by atoms with van der Waals surface area (Å²) in [6, 6.07) is 1.00. The lowest BCUT2D eigenvalue weighted by molar-refractivity contribution is 0.0118. The fourth-order valence-electron chi connectivity index (χ4n) is 1.36. The Labute approximate surface area is 121 Å². The maximum Gasteiger partial charge on any atom is 0.277 e. The Morgan fingerprint density at radius 3 is 2.52 bits per heavy atom. The number of nitrogens with zero attached hydrogens (tertiary/aromatic N) is 1. The number of rotatable bonds is 6. The first-order valence-corrected chi connectivity index (χ1v) is 7.34. The van der Waals surface area contributed by atoms with Crippen LogP contribution in [0.3, 0.4) is 0 Å². The van der Waals surface area contributed by atoms with Crippen molar-refractivity contribution in [1.82, 2.24) is 9.62 Å². The molecule has 0 aliphatic heterocycles. The van der Waals surface area contributed by atoms with Gasteiger partial charge in [-0.05, 0) is 6.92 Å². The summed E-state index contributed by atoms with van der Waals surface area (Å²) in [6.45, 7) is -0.481. The first-order chi connectivity index (χ1) is 9.51. The summed E-state index contributed by atoms with van der Waals surface area (Å²) < 4.78 is 55.6. The number of halogens is 2. The maximum absolute atomic E-state index is 13.0. The molecular weight excluding hydrogens is 308 g/mol. The van der Waals surface area contributed by atoms with Crippen molar-refractivity contribution >= 4 is 15.9 Å². The van der Waals surface area contributed by atoms with E-state index < -0.39 is 40.0 Å². The monoisotopic (exact) mass is 325 g/mol. The minimum atomic E-state index is -3.84. The van der Waals surface area contributed by atoms with Crippen molar-refractivity contribution in [3.05, 3.63) is 17.4 Å². The summed E-state index contributed by atoms with van der Waals surface area (Å²) in [5.41, 5.74) is 4.73. The number of hydrogen-bond donors (Lipinski definition) is 2. The molecule has 0 fully saturated rings. The van der Waals surface area contributed by atoms with Gasteiger partial charge in [-0.1, -0.05) is 0 Å². The average molecular weight is 325 g/mol. The van der Waals surface area contributed by atoms with E-state index in [9.17, 15) is 22.0 Å². The van der Waals surface area contributed by atoms with Crippen molar-refractivity contribution in [2.24, 2.45) is 5.73 Å².